The molecule has 1 aromatic heterocycles. The van der Waals surface area contributed by atoms with Crippen LogP contribution in [0, 0.1) is 5.92 Å². The number of aromatic nitrogens is 2. The minimum absolute atomic E-state index is 0.127. The summed E-state index contributed by atoms with van der Waals surface area (Å²) in [5.41, 5.74) is 7.56. The summed E-state index contributed by atoms with van der Waals surface area (Å²) >= 11 is 0. The highest BCUT2D eigenvalue weighted by molar-refractivity contribution is 5.13. The second-order valence-electron chi connectivity index (χ2n) is 6.08. The standard InChI is InChI=1S/C15H28N4O/c1-4-14(16)15(13-9-17-18(3)10-13)19-7-5-12(6-8-19)11(2)20/h9-12,14-15,20H,4-8,16H2,1-3H3. The van der Waals surface area contributed by atoms with Crippen LogP contribution in [0.1, 0.15) is 44.7 Å². The fourth-order valence-electron chi connectivity index (χ4n) is 3.22. The van der Waals surface area contributed by atoms with Crippen molar-refractivity contribution in [2.24, 2.45) is 18.7 Å². The molecule has 3 N–H and O–H groups in total. The van der Waals surface area contributed by atoms with Gasteiger partial charge in [0.25, 0.3) is 0 Å². The fraction of sp³-hybridized carbons (Fsp3) is 0.800. The van der Waals surface area contributed by atoms with E-state index >= 15 is 0 Å². The van der Waals surface area contributed by atoms with Gasteiger partial charge < -0.3 is 10.8 Å². The van der Waals surface area contributed by atoms with Gasteiger partial charge in [0.05, 0.1) is 18.3 Å². The molecule has 2 heterocycles. The molecule has 2 rings (SSSR count). The van der Waals surface area contributed by atoms with E-state index in [0.717, 1.165) is 32.4 Å². The lowest BCUT2D eigenvalue weighted by Crippen LogP contribution is -2.45. The van der Waals surface area contributed by atoms with Crippen molar-refractivity contribution in [3.05, 3.63) is 18.0 Å². The first-order valence-corrected chi connectivity index (χ1v) is 7.69. The minimum atomic E-state index is -0.200. The summed E-state index contributed by atoms with van der Waals surface area (Å²) < 4.78 is 1.84. The lowest BCUT2D eigenvalue weighted by Gasteiger charge is -2.40. The molecule has 114 valence electrons. The number of piperidine rings is 1. The Kier molecular flexibility index (Phi) is 5.18. The number of nitrogens with two attached hydrogens (primary N) is 1. The molecule has 3 unspecified atom stereocenters. The average molecular weight is 280 g/mol. The first kappa shape index (κ1) is 15.5. The molecule has 3 atom stereocenters. The third-order valence-corrected chi connectivity index (χ3v) is 4.59. The zero-order chi connectivity index (χ0) is 14.7. The lowest BCUT2D eigenvalue weighted by atomic mass is 9.89. The number of aliphatic hydroxyl groups is 1. The Bertz CT molecular complexity index is 410. The van der Waals surface area contributed by atoms with Crippen molar-refractivity contribution in [3.8, 4) is 0 Å². The molecule has 1 fully saturated rings. The summed E-state index contributed by atoms with van der Waals surface area (Å²) in [6.07, 6.45) is 6.85. The Balaban J connectivity index is 2.09. The van der Waals surface area contributed by atoms with Crippen LogP contribution in [0.15, 0.2) is 12.4 Å². The maximum absolute atomic E-state index is 9.72. The average Bonchev–Trinajstić information content (AvgIpc) is 2.85. The number of rotatable bonds is 5. The number of hydrogen-bond acceptors (Lipinski definition) is 4. The van der Waals surface area contributed by atoms with Crippen LogP contribution in [-0.4, -0.2) is 45.0 Å². The van der Waals surface area contributed by atoms with Crippen LogP contribution in [0.2, 0.25) is 0 Å². The second kappa shape index (κ2) is 6.70. The first-order valence-electron chi connectivity index (χ1n) is 7.69. The summed E-state index contributed by atoms with van der Waals surface area (Å²) in [5, 5.41) is 14.0. The molecule has 5 heteroatoms. The highest BCUT2D eigenvalue weighted by atomic mass is 16.3. The third-order valence-electron chi connectivity index (χ3n) is 4.59. The van der Waals surface area contributed by atoms with E-state index in [9.17, 15) is 5.11 Å². The minimum Gasteiger partial charge on any atom is -0.393 e. The third kappa shape index (κ3) is 3.40. The van der Waals surface area contributed by atoms with Gasteiger partial charge in [-0.1, -0.05) is 6.92 Å². The van der Waals surface area contributed by atoms with E-state index in [1.165, 1.54) is 5.56 Å². The Labute approximate surface area is 121 Å². The van der Waals surface area contributed by atoms with E-state index in [0.29, 0.717) is 5.92 Å². The molecule has 0 spiro atoms. The van der Waals surface area contributed by atoms with Gasteiger partial charge >= 0.3 is 0 Å². The number of nitrogens with zero attached hydrogens (tertiary/aromatic N) is 3. The quantitative estimate of drug-likeness (QED) is 0.853. The number of hydrogen-bond donors (Lipinski definition) is 2. The molecule has 0 aromatic carbocycles. The van der Waals surface area contributed by atoms with Crippen molar-refractivity contribution in [2.75, 3.05) is 13.1 Å². The van der Waals surface area contributed by atoms with Crippen LogP contribution in [0.25, 0.3) is 0 Å². The van der Waals surface area contributed by atoms with Gasteiger partial charge in [0, 0.05) is 24.8 Å². The second-order valence-corrected chi connectivity index (χ2v) is 6.08. The molecule has 20 heavy (non-hydrogen) atoms. The molecule has 0 bridgehead atoms. The molecule has 1 saturated heterocycles. The van der Waals surface area contributed by atoms with Gasteiger partial charge in [-0.25, -0.2) is 0 Å². The smallest absolute Gasteiger partial charge is 0.0541 e. The Morgan fingerprint density at radius 2 is 2.10 bits per heavy atom. The molecule has 0 aliphatic carbocycles. The van der Waals surface area contributed by atoms with Crippen LogP contribution in [0.5, 0.6) is 0 Å². The topological polar surface area (TPSA) is 67.3 Å². The molecular formula is C15H28N4O. The van der Waals surface area contributed by atoms with Gasteiger partial charge in [0.15, 0.2) is 0 Å². The Morgan fingerprint density at radius 3 is 2.55 bits per heavy atom. The van der Waals surface area contributed by atoms with Crippen molar-refractivity contribution in [2.45, 2.75) is 51.3 Å². The highest BCUT2D eigenvalue weighted by Crippen LogP contribution is 2.30. The van der Waals surface area contributed by atoms with Crippen LogP contribution in [-0.2, 0) is 7.05 Å². The van der Waals surface area contributed by atoms with E-state index < -0.39 is 0 Å². The summed E-state index contributed by atoms with van der Waals surface area (Å²) in [6.45, 7) is 6.04. The van der Waals surface area contributed by atoms with Crippen LogP contribution < -0.4 is 5.73 Å². The molecule has 5 nitrogen and oxygen atoms in total. The van der Waals surface area contributed by atoms with Crippen LogP contribution in [0.3, 0.4) is 0 Å². The summed E-state index contributed by atoms with van der Waals surface area (Å²) in [5.74, 6) is 0.429. The molecule has 0 radical (unpaired) electrons. The predicted molar refractivity (Wildman–Crippen MR) is 80.2 cm³/mol. The maximum atomic E-state index is 9.72. The van der Waals surface area contributed by atoms with E-state index in [1.807, 2.05) is 24.9 Å². The zero-order valence-corrected chi connectivity index (χ0v) is 12.9. The SMILES string of the molecule is CCC(N)C(c1cnn(C)c1)N1CCC(C(C)O)CC1. The number of aryl methyl sites for hydroxylation is 1. The fourth-order valence-corrected chi connectivity index (χ4v) is 3.22. The van der Waals surface area contributed by atoms with Gasteiger partial charge in [-0.3, -0.25) is 9.58 Å². The molecule has 0 saturated carbocycles. The van der Waals surface area contributed by atoms with Crippen molar-refractivity contribution in [1.29, 1.82) is 0 Å². The van der Waals surface area contributed by atoms with Gasteiger partial charge in [0.1, 0.15) is 0 Å². The maximum Gasteiger partial charge on any atom is 0.0541 e. The first-order chi connectivity index (χ1) is 9.52. The Hall–Kier alpha value is -0.910. The van der Waals surface area contributed by atoms with Gasteiger partial charge in [-0.15, -0.1) is 0 Å². The molecule has 1 aliphatic heterocycles. The molecule has 1 aromatic rings. The zero-order valence-electron chi connectivity index (χ0n) is 12.9. The normalized spacial score (nSPS) is 22.6. The van der Waals surface area contributed by atoms with Crippen LogP contribution in [0.4, 0.5) is 0 Å². The van der Waals surface area contributed by atoms with E-state index in [1.54, 1.807) is 0 Å². The van der Waals surface area contributed by atoms with Crippen molar-refractivity contribution < 1.29 is 5.11 Å². The Morgan fingerprint density at radius 1 is 1.45 bits per heavy atom. The monoisotopic (exact) mass is 280 g/mol. The van der Waals surface area contributed by atoms with Gasteiger partial charge in [-0.2, -0.15) is 5.10 Å². The summed E-state index contributed by atoms with van der Waals surface area (Å²) in [7, 11) is 1.94. The van der Waals surface area contributed by atoms with Gasteiger partial charge in [-0.05, 0) is 45.2 Å². The van der Waals surface area contributed by atoms with Crippen LogP contribution >= 0.6 is 0 Å². The van der Waals surface area contributed by atoms with Crippen molar-refractivity contribution in [1.82, 2.24) is 14.7 Å². The molecular weight excluding hydrogens is 252 g/mol. The number of aliphatic hydroxyl groups excluding tert-OH is 1. The predicted octanol–water partition coefficient (Wildman–Crippen LogP) is 1.29. The highest BCUT2D eigenvalue weighted by Gasteiger charge is 2.31. The lowest BCUT2D eigenvalue weighted by molar-refractivity contribution is 0.0495. The van der Waals surface area contributed by atoms with E-state index in [2.05, 4.69) is 23.1 Å². The van der Waals surface area contributed by atoms with Crippen molar-refractivity contribution in [3.63, 3.8) is 0 Å². The summed E-state index contributed by atoms with van der Waals surface area (Å²) in [4.78, 5) is 2.46. The molecule has 1 aliphatic rings. The van der Waals surface area contributed by atoms with Crippen molar-refractivity contribution >= 4 is 0 Å². The largest absolute Gasteiger partial charge is 0.393 e. The van der Waals surface area contributed by atoms with E-state index in [4.69, 9.17) is 5.73 Å². The number of likely N-dealkylation sites (tertiary alicyclic amines) is 1. The summed E-state index contributed by atoms with van der Waals surface area (Å²) in [6, 6.07) is 0.367. The molecule has 0 amide bonds. The van der Waals surface area contributed by atoms with Gasteiger partial charge in [0.2, 0.25) is 0 Å². The van der Waals surface area contributed by atoms with E-state index in [-0.39, 0.29) is 18.2 Å².